The van der Waals surface area contributed by atoms with E-state index in [0.29, 0.717) is 29.2 Å². The van der Waals surface area contributed by atoms with Gasteiger partial charge in [0.25, 0.3) is 0 Å². The Bertz CT molecular complexity index is 1030. The van der Waals surface area contributed by atoms with Crippen molar-refractivity contribution in [2.45, 2.75) is 26.1 Å². The van der Waals surface area contributed by atoms with Crippen molar-refractivity contribution in [1.82, 2.24) is 14.5 Å². The number of rotatable bonds is 6. The minimum Gasteiger partial charge on any atom is -0.496 e. The minimum atomic E-state index is -4.78. The number of hydrogen-bond donors (Lipinski definition) is 0. The molecule has 0 spiro atoms. The molecule has 2 aromatic heterocycles. The molecule has 6 nitrogen and oxygen atoms in total. The molecule has 0 aliphatic rings. The van der Waals surface area contributed by atoms with Crippen LogP contribution in [0.25, 0.3) is 22.4 Å². The van der Waals surface area contributed by atoms with Gasteiger partial charge in [-0.25, -0.2) is 9.97 Å². The zero-order valence-electron chi connectivity index (χ0n) is 16.8. The molecule has 0 amide bonds. The van der Waals surface area contributed by atoms with Crippen LogP contribution in [0.15, 0.2) is 24.4 Å². The summed E-state index contributed by atoms with van der Waals surface area (Å²) in [5.74, 6) is -0.0124. The van der Waals surface area contributed by atoms with Crippen LogP contribution in [0.1, 0.15) is 24.1 Å². The van der Waals surface area contributed by atoms with E-state index in [1.807, 2.05) is 24.7 Å². The first-order valence-electron chi connectivity index (χ1n) is 8.91. The van der Waals surface area contributed by atoms with Crippen molar-refractivity contribution < 1.29 is 27.4 Å². The third-order valence-corrected chi connectivity index (χ3v) is 4.60. The summed E-state index contributed by atoms with van der Waals surface area (Å²) in [6.07, 6.45) is -2.81. The van der Waals surface area contributed by atoms with Gasteiger partial charge in [-0.2, -0.15) is 0 Å². The predicted octanol–water partition coefficient (Wildman–Crippen LogP) is 4.60. The van der Waals surface area contributed by atoms with Gasteiger partial charge in [-0.15, -0.1) is 13.2 Å². The van der Waals surface area contributed by atoms with Gasteiger partial charge in [0, 0.05) is 43.5 Å². The van der Waals surface area contributed by atoms with E-state index in [1.54, 1.807) is 14.0 Å². The fourth-order valence-corrected chi connectivity index (χ4v) is 3.30. The standard InChI is InChI=1S/C20H22F3N3O3/c1-11(10-27-4)15-9-26(3)19-18(15)24-12(2)17(25-19)14-7-6-13(8-16(14)28-5)29-20(21,22)23/h6-9,11H,10H2,1-5H3. The Morgan fingerprint density at radius 1 is 1.17 bits per heavy atom. The van der Waals surface area contributed by atoms with Gasteiger partial charge < -0.3 is 18.8 Å². The number of aryl methyl sites for hydroxylation is 2. The first-order chi connectivity index (χ1) is 13.6. The lowest BCUT2D eigenvalue weighted by molar-refractivity contribution is -0.274. The highest BCUT2D eigenvalue weighted by Gasteiger charge is 2.31. The number of methoxy groups -OCH3 is 2. The van der Waals surface area contributed by atoms with Crippen molar-refractivity contribution in [2.75, 3.05) is 20.8 Å². The Labute approximate surface area is 166 Å². The quantitative estimate of drug-likeness (QED) is 0.596. The maximum atomic E-state index is 12.5. The maximum absolute atomic E-state index is 12.5. The Kier molecular flexibility index (Phi) is 5.70. The van der Waals surface area contributed by atoms with Gasteiger partial charge in [-0.1, -0.05) is 6.92 Å². The Hall–Kier alpha value is -2.81. The number of fused-ring (bicyclic) bond motifs is 1. The molecular formula is C20H22F3N3O3. The largest absolute Gasteiger partial charge is 0.573 e. The third kappa shape index (κ3) is 4.29. The van der Waals surface area contributed by atoms with Crippen LogP contribution in [0.3, 0.4) is 0 Å². The molecule has 0 saturated heterocycles. The third-order valence-electron chi connectivity index (χ3n) is 4.60. The summed E-state index contributed by atoms with van der Waals surface area (Å²) >= 11 is 0. The van der Waals surface area contributed by atoms with E-state index in [0.717, 1.165) is 11.1 Å². The topological polar surface area (TPSA) is 58.4 Å². The molecule has 1 atom stereocenters. The van der Waals surface area contributed by atoms with Crippen LogP contribution in [0.5, 0.6) is 11.5 Å². The van der Waals surface area contributed by atoms with E-state index in [9.17, 15) is 13.2 Å². The van der Waals surface area contributed by atoms with Crippen LogP contribution < -0.4 is 9.47 Å². The van der Waals surface area contributed by atoms with Crippen LogP contribution in [0.4, 0.5) is 13.2 Å². The molecule has 0 saturated carbocycles. The molecule has 0 radical (unpaired) electrons. The highest BCUT2D eigenvalue weighted by Crippen LogP contribution is 2.36. The van der Waals surface area contributed by atoms with Crippen molar-refractivity contribution in [3.05, 3.63) is 35.7 Å². The van der Waals surface area contributed by atoms with Crippen LogP contribution in [-0.4, -0.2) is 41.7 Å². The molecule has 0 bridgehead atoms. The van der Waals surface area contributed by atoms with Crippen molar-refractivity contribution in [2.24, 2.45) is 7.05 Å². The number of hydrogen-bond acceptors (Lipinski definition) is 5. The van der Waals surface area contributed by atoms with Crippen molar-refractivity contribution >= 4 is 11.2 Å². The molecular weight excluding hydrogens is 387 g/mol. The zero-order valence-corrected chi connectivity index (χ0v) is 16.8. The van der Waals surface area contributed by atoms with E-state index in [2.05, 4.69) is 4.74 Å². The fraction of sp³-hybridized carbons (Fsp3) is 0.400. The molecule has 29 heavy (non-hydrogen) atoms. The smallest absolute Gasteiger partial charge is 0.496 e. The van der Waals surface area contributed by atoms with E-state index in [4.69, 9.17) is 19.4 Å². The molecule has 2 heterocycles. The highest BCUT2D eigenvalue weighted by atomic mass is 19.4. The first kappa shape index (κ1) is 20.9. The van der Waals surface area contributed by atoms with E-state index < -0.39 is 6.36 Å². The average molecular weight is 409 g/mol. The van der Waals surface area contributed by atoms with Crippen LogP contribution in [0, 0.1) is 6.92 Å². The first-order valence-corrected chi connectivity index (χ1v) is 8.91. The maximum Gasteiger partial charge on any atom is 0.573 e. The Balaban J connectivity index is 2.10. The summed E-state index contributed by atoms with van der Waals surface area (Å²) in [4.78, 5) is 9.46. The SMILES string of the molecule is COCC(C)c1cn(C)c2nc(-c3ccc(OC(F)(F)F)cc3OC)c(C)nc12. The summed E-state index contributed by atoms with van der Waals surface area (Å²) < 4.78 is 53.9. The Morgan fingerprint density at radius 2 is 1.90 bits per heavy atom. The molecule has 3 rings (SSSR count). The summed E-state index contributed by atoms with van der Waals surface area (Å²) in [6, 6.07) is 3.90. The number of halogens is 3. The monoisotopic (exact) mass is 409 g/mol. The fourth-order valence-electron chi connectivity index (χ4n) is 3.30. The zero-order chi connectivity index (χ0) is 21.3. The second-order valence-electron chi connectivity index (χ2n) is 6.79. The van der Waals surface area contributed by atoms with E-state index in [1.165, 1.54) is 25.3 Å². The molecule has 0 fully saturated rings. The lowest BCUT2D eigenvalue weighted by Crippen LogP contribution is -2.17. The van der Waals surface area contributed by atoms with Crippen LogP contribution in [-0.2, 0) is 11.8 Å². The van der Waals surface area contributed by atoms with Gasteiger partial charge >= 0.3 is 6.36 Å². The highest BCUT2D eigenvalue weighted by molar-refractivity contribution is 5.81. The van der Waals surface area contributed by atoms with Gasteiger partial charge in [0.05, 0.1) is 25.1 Å². The predicted molar refractivity (Wildman–Crippen MR) is 102 cm³/mol. The summed E-state index contributed by atoms with van der Waals surface area (Å²) in [6.45, 7) is 4.40. The summed E-state index contributed by atoms with van der Waals surface area (Å²) in [5.41, 5.74) is 4.15. The van der Waals surface area contributed by atoms with Gasteiger partial charge in [0.1, 0.15) is 17.0 Å². The van der Waals surface area contributed by atoms with Gasteiger partial charge in [0.15, 0.2) is 5.65 Å². The molecule has 1 aromatic carbocycles. The van der Waals surface area contributed by atoms with Crippen molar-refractivity contribution in [1.29, 1.82) is 0 Å². The number of nitrogens with zero attached hydrogens (tertiary/aromatic N) is 3. The van der Waals surface area contributed by atoms with Crippen LogP contribution in [0.2, 0.25) is 0 Å². The molecule has 3 aromatic rings. The lowest BCUT2D eigenvalue weighted by atomic mass is 10.0. The number of benzene rings is 1. The molecule has 0 N–H and O–H groups in total. The number of aromatic nitrogens is 3. The lowest BCUT2D eigenvalue weighted by Gasteiger charge is -2.14. The average Bonchev–Trinajstić information content (AvgIpc) is 2.96. The second kappa shape index (κ2) is 7.90. The van der Waals surface area contributed by atoms with Crippen molar-refractivity contribution in [3.8, 4) is 22.8 Å². The molecule has 0 aliphatic carbocycles. The number of ether oxygens (including phenoxy) is 3. The molecule has 9 heteroatoms. The molecule has 0 aliphatic heterocycles. The number of alkyl halides is 3. The Morgan fingerprint density at radius 3 is 2.52 bits per heavy atom. The molecule has 1 unspecified atom stereocenters. The minimum absolute atomic E-state index is 0.136. The van der Waals surface area contributed by atoms with Crippen LogP contribution >= 0.6 is 0 Å². The second-order valence-corrected chi connectivity index (χ2v) is 6.79. The van der Waals surface area contributed by atoms with Gasteiger partial charge in [0.2, 0.25) is 0 Å². The normalized spacial score (nSPS) is 13.0. The summed E-state index contributed by atoms with van der Waals surface area (Å²) in [7, 11) is 4.90. The van der Waals surface area contributed by atoms with E-state index in [-0.39, 0.29) is 17.4 Å². The van der Waals surface area contributed by atoms with Gasteiger partial charge in [-0.05, 0) is 19.1 Å². The van der Waals surface area contributed by atoms with E-state index >= 15 is 0 Å². The molecule has 156 valence electrons. The van der Waals surface area contributed by atoms with Crippen molar-refractivity contribution in [3.63, 3.8) is 0 Å². The summed E-state index contributed by atoms with van der Waals surface area (Å²) in [5, 5.41) is 0. The van der Waals surface area contributed by atoms with Gasteiger partial charge in [-0.3, -0.25) is 0 Å².